The minimum Gasteiger partial charge on any atom is -0.423 e. The molecule has 0 saturated heterocycles. The second kappa shape index (κ2) is 78.7. The lowest BCUT2D eigenvalue weighted by Gasteiger charge is -2.50. The molecule has 0 spiro atoms. The summed E-state index contributed by atoms with van der Waals surface area (Å²) in [5.41, 5.74) is 0. The fourth-order valence-electron chi connectivity index (χ4n) is 15.4. The van der Waals surface area contributed by atoms with Crippen molar-refractivity contribution in [2.24, 2.45) is 0 Å². The maximum Gasteiger partial charge on any atom is 0.451 e. The molecule has 0 bridgehead atoms. The fraction of sp³-hybridized carbons (Fsp3) is 0.947. The zero-order chi connectivity index (χ0) is 80.7. The number of aliphatic hydroxyl groups excluding tert-OH is 1. The van der Waals surface area contributed by atoms with Crippen LogP contribution in [0.1, 0.15) is 548 Å². The van der Waals surface area contributed by atoms with Crippen molar-refractivity contribution in [1.29, 1.82) is 0 Å². The summed E-state index contributed by atoms with van der Waals surface area (Å²) in [6.45, 7) is 9.35. The second-order valence-electron chi connectivity index (χ2n) is 33.7. The lowest BCUT2D eigenvalue weighted by molar-refractivity contribution is -0.537. The van der Waals surface area contributed by atoms with Crippen LogP contribution >= 0.6 is 0 Å². The average molecular weight is 1560 g/mol. The van der Waals surface area contributed by atoms with E-state index in [0.29, 0.717) is 32.1 Å². The molecule has 0 aliphatic rings. The number of aliphatic hydroxyl groups is 5. The van der Waals surface area contributed by atoms with Crippen LogP contribution in [0.3, 0.4) is 0 Å². The molecule has 0 aliphatic carbocycles. The molecule has 15 nitrogen and oxygen atoms in total. The summed E-state index contributed by atoms with van der Waals surface area (Å²) in [6, 6.07) is 0. The largest absolute Gasteiger partial charge is 0.451 e. The first kappa shape index (κ1) is 107. The van der Waals surface area contributed by atoms with Gasteiger partial charge in [0.25, 0.3) is 0 Å². The molecule has 0 aromatic heterocycles. The molecule has 0 fully saturated rings. The van der Waals surface area contributed by atoms with Gasteiger partial charge in [0, 0.05) is 32.1 Å². The normalized spacial score (nSPS) is 13.4. The van der Waals surface area contributed by atoms with E-state index in [2.05, 4.69) is 34.6 Å². The van der Waals surface area contributed by atoms with Crippen LogP contribution in [-0.4, -0.2) is 85.3 Å². The summed E-state index contributed by atoms with van der Waals surface area (Å²) in [4.78, 5) is 71.9. The summed E-state index contributed by atoms with van der Waals surface area (Å²) >= 11 is 0. The molecule has 0 aromatic rings. The van der Waals surface area contributed by atoms with E-state index in [1.807, 2.05) is 0 Å². The molecule has 0 saturated carbocycles. The van der Waals surface area contributed by atoms with Crippen molar-refractivity contribution < 1.29 is 73.2 Å². The van der Waals surface area contributed by atoms with Gasteiger partial charge in [0.05, 0.1) is 0 Å². The van der Waals surface area contributed by atoms with E-state index in [0.717, 1.165) is 154 Å². The van der Waals surface area contributed by atoms with Crippen LogP contribution in [0.4, 0.5) is 0 Å². The standard InChI is InChI=1S/C95H182O15/c1-6-11-16-21-26-31-36-41-46-51-56-61-66-71-76-81-87(97)106-92(102,86-96)93(103,107-88(98)82-77-72-67-62-57-52-47-42-37-32-27-22-17-12-7-2)94(104,108-89(99)83-78-73-68-63-58-53-48-43-38-33-28-23-18-13-8-3)95(105,109-90(100)84-79-74-69-64-59-54-49-44-39-34-29-24-19-14-9-4)110-91(101)85-80-75-70-65-60-55-50-45-40-35-30-25-20-15-10-5/h96,102-105H,6-86H2,1-5H3/t92-,93-,94+/m1/s1. The van der Waals surface area contributed by atoms with Crippen molar-refractivity contribution in [3.05, 3.63) is 0 Å². The molecule has 0 heterocycles. The van der Waals surface area contributed by atoms with Gasteiger partial charge in [0.2, 0.25) is 0 Å². The molecule has 3 atom stereocenters. The van der Waals surface area contributed by atoms with E-state index >= 15 is 0 Å². The van der Waals surface area contributed by atoms with E-state index in [1.54, 1.807) is 0 Å². The van der Waals surface area contributed by atoms with E-state index in [9.17, 15) is 49.5 Å². The van der Waals surface area contributed by atoms with Gasteiger partial charge in [-0.05, 0) is 32.1 Å². The Morgan fingerprint density at radius 2 is 0.309 bits per heavy atom. The van der Waals surface area contributed by atoms with Gasteiger partial charge in [-0.1, -0.05) is 484 Å². The third kappa shape index (κ3) is 60.6. The minimum atomic E-state index is -4.53. The molecule has 0 aliphatic heterocycles. The molecule has 110 heavy (non-hydrogen) atoms. The first-order valence-electron chi connectivity index (χ1n) is 48.2. The van der Waals surface area contributed by atoms with Crippen molar-refractivity contribution in [2.75, 3.05) is 6.61 Å². The van der Waals surface area contributed by atoms with Crippen LogP contribution in [0.5, 0.6) is 0 Å². The Morgan fingerprint density at radius 1 is 0.182 bits per heavy atom. The maximum absolute atomic E-state index is 14.6. The lowest BCUT2D eigenvalue weighted by Crippen LogP contribution is -2.81. The van der Waals surface area contributed by atoms with E-state index < -0.39 is 85.5 Å². The molecule has 0 unspecified atom stereocenters. The first-order valence-corrected chi connectivity index (χ1v) is 48.2. The predicted molar refractivity (Wildman–Crippen MR) is 455 cm³/mol. The highest BCUT2D eigenvalue weighted by molar-refractivity contribution is 5.74. The first-order chi connectivity index (χ1) is 53.6. The lowest BCUT2D eigenvalue weighted by atomic mass is 9.92. The number of ether oxygens (including phenoxy) is 5. The number of hydrogen-bond donors (Lipinski definition) is 5. The molecular formula is C95H182O15. The van der Waals surface area contributed by atoms with Crippen molar-refractivity contribution in [2.45, 2.75) is 572 Å². The quantitative estimate of drug-likeness (QED) is 0.0165. The average Bonchev–Trinajstić information content (AvgIpc) is 0.710. The summed E-state index contributed by atoms with van der Waals surface area (Å²) in [7, 11) is 0. The fourth-order valence-corrected chi connectivity index (χ4v) is 15.4. The molecule has 15 heteroatoms. The van der Waals surface area contributed by atoms with Crippen LogP contribution in [0.2, 0.25) is 0 Å². The number of esters is 5. The molecule has 652 valence electrons. The molecule has 0 amide bonds. The smallest absolute Gasteiger partial charge is 0.423 e. The van der Waals surface area contributed by atoms with Crippen molar-refractivity contribution in [3.8, 4) is 0 Å². The van der Waals surface area contributed by atoms with Gasteiger partial charge < -0.3 is 49.2 Å². The molecule has 0 radical (unpaired) electrons. The van der Waals surface area contributed by atoms with Crippen molar-refractivity contribution in [1.82, 2.24) is 0 Å². The Hall–Kier alpha value is -2.85. The van der Waals surface area contributed by atoms with Gasteiger partial charge in [-0.3, -0.25) is 24.0 Å². The molecule has 5 N–H and O–H groups in total. The summed E-state index contributed by atoms with van der Waals surface area (Å²) in [6.07, 6.45) is 77.5. The third-order valence-corrected chi connectivity index (χ3v) is 22.9. The Morgan fingerprint density at radius 3 is 0.464 bits per heavy atom. The molecular weight excluding hydrogens is 1380 g/mol. The third-order valence-electron chi connectivity index (χ3n) is 22.9. The minimum absolute atomic E-state index is 0.180. The summed E-state index contributed by atoms with van der Waals surface area (Å²) in [5.74, 6) is -23.7. The molecule has 0 aromatic carbocycles. The van der Waals surface area contributed by atoms with Crippen LogP contribution in [0.25, 0.3) is 0 Å². The summed E-state index contributed by atoms with van der Waals surface area (Å²) in [5, 5.41) is 64.0. The van der Waals surface area contributed by atoms with E-state index in [1.165, 1.54) is 263 Å². The Labute approximate surface area is 677 Å². The van der Waals surface area contributed by atoms with E-state index in [-0.39, 0.29) is 38.5 Å². The van der Waals surface area contributed by atoms with Crippen molar-refractivity contribution in [3.63, 3.8) is 0 Å². The number of carbonyl (C=O) groups is 5. The Bertz CT molecular complexity index is 1990. The zero-order valence-corrected chi connectivity index (χ0v) is 73.1. The van der Waals surface area contributed by atoms with Crippen LogP contribution in [-0.2, 0) is 47.7 Å². The van der Waals surface area contributed by atoms with Gasteiger partial charge >= 0.3 is 53.2 Å². The SMILES string of the molecule is CCCCCCCCCCCCCCCCCC(=O)OC(O)(OC(=O)CCCCCCCCCCCCCCCCC)[C@@](O)(OC(=O)CCCCCCCCCCCCCCCCC)[C@](O)(OC(=O)CCCCCCCCCCCCCCCCC)[C@@](O)(CO)OC(=O)CCCCCCCCCCCCCCCCC. The zero-order valence-electron chi connectivity index (χ0n) is 73.1. The van der Waals surface area contributed by atoms with E-state index in [4.69, 9.17) is 23.7 Å². The Kier molecular flexibility index (Phi) is 76.6. The summed E-state index contributed by atoms with van der Waals surface area (Å²) < 4.78 is 28.2. The van der Waals surface area contributed by atoms with Crippen molar-refractivity contribution >= 4 is 29.8 Å². The second-order valence-corrected chi connectivity index (χ2v) is 33.7. The highest BCUT2D eigenvalue weighted by Gasteiger charge is 2.82. The predicted octanol–water partition coefficient (Wildman–Crippen LogP) is 27.7. The molecule has 0 rings (SSSR count). The Balaban J connectivity index is 7.11. The van der Waals surface area contributed by atoms with Gasteiger partial charge in [-0.15, -0.1) is 0 Å². The van der Waals surface area contributed by atoms with Gasteiger partial charge in [0.15, 0.2) is 0 Å². The topological polar surface area (TPSA) is 233 Å². The number of hydrogen-bond acceptors (Lipinski definition) is 15. The monoisotopic (exact) mass is 1560 g/mol. The van der Waals surface area contributed by atoms with Gasteiger partial charge in [-0.25, -0.2) is 0 Å². The number of unbranched alkanes of at least 4 members (excludes halogenated alkanes) is 70. The number of carbonyl (C=O) groups excluding carboxylic acids is 5. The highest BCUT2D eigenvalue weighted by Crippen LogP contribution is 2.46. The van der Waals surface area contributed by atoms with Crippen LogP contribution in [0.15, 0.2) is 0 Å². The van der Waals surface area contributed by atoms with Gasteiger partial charge in [-0.2, -0.15) is 0 Å². The van der Waals surface area contributed by atoms with Crippen LogP contribution < -0.4 is 0 Å². The van der Waals surface area contributed by atoms with Gasteiger partial charge in [0.1, 0.15) is 6.61 Å². The maximum atomic E-state index is 14.6. The highest BCUT2D eigenvalue weighted by atomic mass is 16.9. The number of rotatable bonds is 89. The van der Waals surface area contributed by atoms with Crippen LogP contribution in [0, 0.1) is 0 Å².